The third-order valence-electron chi connectivity index (χ3n) is 1.05. The minimum absolute atomic E-state index is 0.287. The molecule has 0 saturated carbocycles. The van der Waals surface area contributed by atoms with Crippen LogP contribution in [-0.4, -0.2) is 0 Å². The van der Waals surface area contributed by atoms with Gasteiger partial charge in [0.2, 0.25) is 0 Å². The summed E-state index contributed by atoms with van der Waals surface area (Å²) in [4.78, 5) is 0. The minimum Gasteiger partial charge on any atom is -0.398 e. The van der Waals surface area contributed by atoms with E-state index in [4.69, 9.17) is 12.3 Å². The number of allylic oxidation sites excluding steroid dienone is 4. The van der Waals surface area contributed by atoms with Gasteiger partial charge in [-0.3, -0.25) is 0 Å². The summed E-state index contributed by atoms with van der Waals surface area (Å²) in [5.74, 6) is -0.360. The highest BCUT2D eigenvalue weighted by molar-refractivity contribution is 5.43. The van der Waals surface area contributed by atoms with Gasteiger partial charge < -0.3 is 5.73 Å². The molecule has 0 aromatic rings. The van der Waals surface area contributed by atoms with E-state index in [1.165, 1.54) is 18.6 Å². The molecule has 0 aromatic carbocycles. The van der Waals surface area contributed by atoms with Gasteiger partial charge in [-0.2, -0.15) is 6.58 Å². The van der Waals surface area contributed by atoms with Crippen molar-refractivity contribution >= 4 is 0 Å². The largest absolute Gasteiger partial charge is 0.398 e. The van der Waals surface area contributed by atoms with Gasteiger partial charge in [-0.15, -0.1) is 0 Å². The molecule has 2 N–H and O–H groups in total. The molecule has 46 valence electrons. The Labute approximate surface area is 53.4 Å². The summed E-state index contributed by atoms with van der Waals surface area (Å²) in [5, 5.41) is 0. The molecule has 1 aliphatic rings. The third-order valence-corrected chi connectivity index (χ3v) is 1.05. The van der Waals surface area contributed by atoms with E-state index in [1.54, 1.807) is 0 Å². The van der Waals surface area contributed by atoms with Crippen molar-refractivity contribution in [2.75, 3.05) is 0 Å². The summed E-state index contributed by atoms with van der Waals surface area (Å²) in [6.07, 6.45) is 3.89. The van der Waals surface area contributed by atoms with E-state index in [2.05, 4.69) is 0 Å². The summed E-state index contributed by atoms with van der Waals surface area (Å²) in [7, 11) is 0. The molecule has 1 aliphatic carbocycles. The molecule has 0 aromatic heterocycles. The second-order valence-electron chi connectivity index (χ2n) is 1.77. The highest BCUT2D eigenvalue weighted by Crippen LogP contribution is 2.16. The summed E-state index contributed by atoms with van der Waals surface area (Å²) in [6, 6.07) is 0. The maximum atomic E-state index is 12.2. The average Bonchev–Trinajstić information content (AvgIpc) is 1.80. The Morgan fingerprint density at radius 2 is 2.33 bits per heavy atom. The maximum absolute atomic E-state index is 12.2. The quantitative estimate of drug-likeness (QED) is 0.482. The molecule has 0 unspecified atom stereocenters. The monoisotopic (exact) mass is 123 g/mol. The molecule has 9 heavy (non-hydrogen) atoms. The second kappa shape index (κ2) is 1.92. The van der Waals surface area contributed by atoms with Gasteiger partial charge in [0.25, 0.3) is 0 Å². The van der Waals surface area contributed by atoms with Crippen LogP contribution in [0.5, 0.6) is 0 Å². The molecule has 0 atom stereocenters. The first-order valence-corrected chi connectivity index (χ1v) is 2.50. The van der Waals surface area contributed by atoms with Gasteiger partial charge in [-0.05, 0) is 18.6 Å². The van der Waals surface area contributed by atoms with Crippen molar-refractivity contribution < 1.29 is 4.39 Å². The SMILES string of the molecule is [CH+]=C1[CH-]C=C(F)C=C1N. The van der Waals surface area contributed by atoms with Gasteiger partial charge in [0.05, 0.1) is 0 Å². The second-order valence-corrected chi connectivity index (χ2v) is 1.77. The van der Waals surface area contributed by atoms with Crippen molar-refractivity contribution in [3.8, 4) is 0 Å². The molecule has 0 saturated heterocycles. The van der Waals surface area contributed by atoms with Crippen molar-refractivity contribution in [1.29, 1.82) is 0 Å². The van der Waals surface area contributed by atoms with Crippen LogP contribution in [0, 0.1) is 13.0 Å². The zero-order valence-corrected chi connectivity index (χ0v) is 4.76. The van der Waals surface area contributed by atoms with E-state index >= 15 is 0 Å². The first kappa shape index (κ1) is 5.86. The average molecular weight is 123 g/mol. The smallest absolute Gasteiger partial charge is 0.125 e. The molecule has 1 nitrogen and oxygen atoms in total. The molecule has 0 radical (unpaired) electrons. The van der Waals surface area contributed by atoms with Crippen LogP contribution in [-0.2, 0) is 0 Å². The summed E-state index contributed by atoms with van der Waals surface area (Å²) in [6.45, 7) is 5.30. The van der Waals surface area contributed by atoms with Crippen LogP contribution in [0.1, 0.15) is 0 Å². The molecule has 0 aliphatic heterocycles. The lowest BCUT2D eigenvalue weighted by Gasteiger charge is -2.05. The van der Waals surface area contributed by atoms with E-state index in [-0.39, 0.29) is 11.5 Å². The van der Waals surface area contributed by atoms with Gasteiger partial charge in [0.1, 0.15) is 5.83 Å². The molecule has 1 rings (SSSR count). The fourth-order valence-corrected chi connectivity index (χ4v) is 0.546. The Bertz CT molecular complexity index is 201. The fraction of sp³-hybridized carbons (Fsp3) is 0. The van der Waals surface area contributed by atoms with Crippen molar-refractivity contribution in [3.63, 3.8) is 0 Å². The van der Waals surface area contributed by atoms with Gasteiger partial charge in [0.15, 0.2) is 0 Å². The summed E-state index contributed by atoms with van der Waals surface area (Å²) in [5.41, 5.74) is 5.96. The molecule has 2 heteroatoms. The third kappa shape index (κ3) is 1.09. The normalized spacial score (nSPS) is 18.0. The van der Waals surface area contributed by atoms with E-state index in [1.807, 2.05) is 0 Å². The molecular weight excluding hydrogens is 117 g/mol. The Kier molecular flexibility index (Phi) is 1.25. The van der Waals surface area contributed by atoms with Crippen LogP contribution < -0.4 is 5.73 Å². The van der Waals surface area contributed by atoms with E-state index in [0.29, 0.717) is 5.57 Å². The number of hydrogen-bond donors (Lipinski definition) is 1. The number of halogens is 1. The first-order chi connectivity index (χ1) is 4.20. The van der Waals surface area contributed by atoms with Crippen LogP contribution in [0.2, 0.25) is 0 Å². The lowest BCUT2D eigenvalue weighted by molar-refractivity contribution is 0.662. The van der Waals surface area contributed by atoms with Crippen LogP contribution in [0.25, 0.3) is 0 Å². The molecule has 0 heterocycles. The predicted octanol–water partition coefficient (Wildman–Crippen LogP) is 1.26. The molecule has 0 spiro atoms. The number of nitrogens with two attached hydrogens (primary N) is 1. The topological polar surface area (TPSA) is 26.0 Å². The Morgan fingerprint density at radius 3 is 2.78 bits per heavy atom. The molecule has 0 amide bonds. The maximum Gasteiger partial charge on any atom is 0.125 e. The lowest BCUT2D eigenvalue weighted by atomic mass is 10.1. The van der Waals surface area contributed by atoms with Gasteiger partial charge in [-0.25, -0.2) is 4.39 Å². The van der Waals surface area contributed by atoms with Gasteiger partial charge in [0, 0.05) is 11.3 Å². The van der Waals surface area contributed by atoms with Crippen molar-refractivity contribution in [3.05, 3.63) is 42.2 Å². The van der Waals surface area contributed by atoms with Crippen molar-refractivity contribution in [1.82, 2.24) is 0 Å². The van der Waals surface area contributed by atoms with E-state index < -0.39 is 0 Å². The highest BCUT2D eigenvalue weighted by atomic mass is 19.1. The van der Waals surface area contributed by atoms with Gasteiger partial charge >= 0.3 is 0 Å². The van der Waals surface area contributed by atoms with E-state index in [9.17, 15) is 4.39 Å². The summed E-state index contributed by atoms with van der Waals surface area (Å²) >= 11 is 0. The zero-order chi connectivity index (χ0) is 6.85. The lowest BCUT2D eigenvalue weighted by Crippen LogP contribution is -2.03. The van der Waals surface area contributed by atoms with Crippen molar-refractivity contribution in [2.45, 2.75) is 0 Å². The fourth-order valence-electron chi connectivity index (χ4n) is 0.546. The Balaban J connectivity index is 2.87. The van der Waals surface area contributed by atoms with Gasteiger partial charge in [-0.1, -0.05) is 0 Å². The Morgan fingerprint density at radius 1 is 1.67 bits per heavy atom. The van der Waals surface area contributed by atoms with Crippen molar-refractivity contribution in [2.24, 2.45) is 5.73 Å². The molecule has 0 bridgehead atoms. The minimum atomic E-state index is -0.360. The van der Waals surface area contributed by atoms with Crippen LogP contribution in [0.4, 0.5) is 4.39 Å². The van der Waals surface area contributed by atoms with Crippen LogP contribution >= 0.6 is 0 Å². The first-order valence-electron chi connectivity index (χ1n) is 2.50. The van der Waals surface area contributed by atoms with Crippen LogP contribution in [0.15, 0.2) is 29.2 Å². The standard InChI is InChI=1S/C7H6FN/c1-5-2-3-6(8)4-7(5)9/h1-4H,9H2. The highest BCUT2D eigenvalue weighted by Gasteiger charge is 2.04. The number of hydrogen-bond acceptors (Lipinski definition) is 1. The number of rotatable bonds is 0. The zero-order valence-electron chi connectivity index (χ0n) is 4.76. The molecular formula is C7H6FN. The summed E-state index contributed by atoms with van der Waals surface area (Å²) < 4.78 is 12.2. The predicted molar refractivity (Wildman–Crippen MR) is 33.6 cm³/mol. The van der Waals surface area contributed by atoms with Crippen LogP contribution in [0.3, 0.4) is 0 Å². The molecule has 0 fully saturated rings. The van der Waals surface area contributed by atoms with E-state index in [0.717, 1.165) is 0 Å². The Hall–Kier alpha value is -1.27.